The van der Waals surface area contributed by atoms with Crippen LogP contribution in [0.3, 0.4) is 0 Å². The van der Waals surface area contributed by atoms with E-state index in [1.807, 2.05) is 4.90 Å². The Kier molecular flexibility index (Phi) is 3.55. The zero-order chi connectivity index (χ0) is 12.3. The monoisotopic (exact) mass is 240 g/mol. The molecule has 0 N–H and O–H groups in total. The summed E-state index contributed by atoms with van der Waals surface area (Å²) in [5.41, 5.74) is 7.34. The Balaban J connectivity index is 2.36. The number of hydrogen-bond acceptors (Lipinski definition) is 1. The lowest BCUT2D eigenvalue weighted by Crippen LogP contribution is -2.12. The summed E-state index contributed by atoms with van der Waals surface area (Å²) in [4.78, 5) is 1.88. The predicted molar refractivity (Wildman–Crippen MR) is 77.1 cm³/mol. The Hall–Kier alpha value is -1.67. The fourth-order valence-corrected chi connectivity index (χ4v) is 1.85. The van der Waals surface area contributed by atoms with Crippen molar-refractivity contribution in [2.24, 2.45) is 0 Å². The Labute approximate surface area is 108 Å². The molecule has 2 rings (SSSR count). The highest BCUT2D eigenvalue weighted by molar-refractivity contribution is 7.79. The molecule has 0 bridgehead atoms. The molecule has 0 spiro atoms. The molecule has 0 fully saturated rings. The summed E-state index contributed by atoms with van der Waals surface area (Å²) in [6.45, 7) is 4.14. The molecule has 85 valence electrons. The van der Waals surface area contributed by atoms with Crippen molar-refractivity contribution in [3.05, 3.63) is 59.7 Å². The molecule has 0 heterocycles. The predicted octanol–water partition coefficient (Wildman–Crippen LogP) is 4.28. The van der Waals surface area contributed by atoms with E-state index in [0.29, 0.717) is 0 Å². The van der Waals surface area contributed by atoms with E-state index in [1.165, 1.54) is 11.1 Å². The fourth-order valence-electron chi connectivity index (χ4n) is 1.64. The van der Waals surface area contributed by atoms with Crippen LogP contribution in [0, 0.1) is 13.8 Å². The first-order chi connectivity index (χ1) is 8.20. The maximum Gasteiger partial charge on any atom is 0.146 e. The van der Waals surface area contributed by atoms with Crippen LogP contribution >= 0.6 is 12.2 Å². The highest BCUT2D eigenvalue weighted by Crippen LogP contribution is 2.24. The van der Waals surface area contributed by atoms with Crippen molar-refractivity contribution in [3.63, 3.8) is 0 Å². The van der Waals surface area contributed by atoms with E-state index < -0.39 is 0 Å². The van der Waals surface area contributed by atoms with E-state index >= 15 is 0 Å². The van der Waals surface area contributed by atoms with Crippen LogP contribution in [-0.2, 0) is 0 Å². The number of thiocarbonyl (C=S) groups is 1. The van der Waals surface area contributed by atoms with Gasteiger partial charge >= 0.3 is 0 Å². The first-order valence-corrected chi connectivity index (χ1v) is 5.93. The van der Waals surface area contributed by atoms with Crippen molar-refractivity contribution in [2.75, 3.05) is 4.90 Å². The number of benzene rings is 2. The molecule has 2 aromatic rings. The molecule has 1 nitrogen and oxygen atoms in total. The van der Waals surface area contributed by atoms with Crippen molar-refractivity contribution in [1.82, 2.24) is 0 Å². The van der Waals surface area contributed by atoms with E-state index in [0.717, 1.165) is 11.4 Å². The lowest BCUT2D eigenvalue weighted by Gasteiger charge is -2.18. The van der Waals surface area contributed by atoms with Gasteiger partial charge < -0.3 is 0 Å². The first-order valence-electron chi connectivity index (χ1n) is 5.52. The normalized spacial score (nSPS) is 10.0. The van der Waals surface area contributed by atoms with Gasteiger partial charge in [0.25, 0.3) is 0 Å². The van der Waals surface area contributed by atoms with Crippen LogP contribution in [0.25, 0.3) is 0 Å². The maximum atomic E-state index is 4.98. The van der Waals surface area contributed by atoms with Crippen molar-refractivity contribution in [1.29, 1.82) is 0 Å². The molecule has 0 saturated carbocycles. The molecule has 2 heteroatoms. The SMILES string of the molecule is Cc1ccc(N([C]=S)c2ccc(C)cc2)cc1. The Morgan fingerprint density at radius 1 is 0.765 bits per heavy atom. The number of anilines is 2. The van der Waals surface area contributed by atoms with Gasteiger partial charge in [0, 0.05) is 11.4 Å². The third-order valence-electron chi connectivity index (χ3n) is 2.68. The molecule has 0 aliphatic heterocycles. The van der Waals surface area contributed by atoms with Crippen LogP contribution in [0.2, 0.25) is 0 Å². The van der Waals surface area contributed by atoms with Crippen molar-refractivity contribution in [3.8, 4) is 0 Å². The summed E-state index contributed by atoms with van der Waals surface area (Å²) in [7, 11) is 0. The van der Waals surface area contributed by atoms with Gasteiger partial charge in [-0.1, -0.05) is 47.6 Å². The molecule has 0 aliphatic carbocycles. The van der Waals surface area contributed by atoms with Gasteiger partial charge in [0.05, 0.1) is 0 Å². The van der Waals surface area contributed by atoms with Crippen molar-refractivity contribution in [2.45, 2.75) is 13.8 Å². The van der Waals surface area contributed by atoms with Crippen LogP contribution in [0.1, 0.15) is 11.1 Å². The van der Waals surface area contributed by atoms with Crippen LogP contribution in [-0.4, -0.2) is 5.49 Å². The number of nitrogens with zero attached hydrogens (tertiary/aromatic N) is 1. The first kappa shape index (κ1) is 11.8. The van der Waals surface area contributed by atoms with Gasteiger partial charge in [0.15, 0.2) is 0 Å². The van der Waals surface area contributed by atoms with Gasteiger partial charge in [-0.2, -0.15) is 0 Å². The zero-order valence-electron chi connectivity index (χ0n) is 9.97. The molecular weight excluding hydrogens is 226 g/mol. The van der Waals surface area contributed by atoms with Crippen LogP contribution in [0.15, 0.2) is 48.5 Å². The number of hydrogen-bond donors (Lipinski definition) is 0. The maximum absolute atomic E-state index is 4.98. The van der Waals surface area contributed by atoms with E-state index in [1.54, 1.807) is 0 Å². The summed E-state index contributed by atoms with van der Waals surface area (Å²) >= 11 is 4.98. The van der Waals surface area contributed by atoms with Gasteiger partial charge in [0.1, 0.15) is 5.49 Å². The van der Waals surface area contributed by atoms with Crippen LogP contribution in [0.4, 0.5) is 11.4 Å². The standard InChI is InChI=1S/C15H14NS/c1-12-3-7-14(8-4-12)16(11-17)15-9-5-13(2)6-10-15/h3-10H,1-2H3. The van der Waals surface area contributed by atoms with Gasteiger partial charge in [-0.25, -0.2) is 0 Å². The average molecular weight is 240 g/mol. The molecule has 0 saturated heterocycles. The molecule has 0 amide bonds. The summed E-state index contributed by atoms with van der Waals surface area (Å²) in [6, 6.07) is 16.5. The van der Waals surface area contributed by atoms with E-state index in [2.05, 4.69) is 67.9 Å². The molecular formula is C15H14NS. The summed E-state index contributed by atoms with van der Waals surface area (Å²) in [6.07, 6.45) is 0. The lowest BCUT2D eigenvalue weighted by atomic mass is 10.2. The highest BCUT2D eigenvalue weighted by atomic mass is 32.1. The second-order valence-electron chi connectivity index (χ2n) is 4.10. The molecule has 2 aromatic carbocycles. The molecule has 0 aliphatic rings. The van der Waals surface area contributed by atoms with Gasteiger partial charge in [-0.05, 0) is 38.1 Å². The summed E-state index contributed by atoms with van der Waals surface area (Å²) in [5, 5.41) is 0. The average Bonchev–Trinajstić information content (AvgIpc) is 2.35. The minimum absolute atomic E-state index is 1.04. The van der Waals surface area contributed by atoms with Gasteiger partial charge in [-0.15, -0.1) is 0 Å². The van der Waals surface area contributed by atoms with Gasteiger partial charge in [-0.3, -0.25) is 4.90 Å². The topological polar surface area (TPSA) is 3.24 Å². The summed E-state index contributed by atoms with van der Waals surface area (Å²) < 4.78 is 0. The van der Waals surface area contributed by atoms with Crippen molar-refractivity contribution < 1.29 is 0 Å². The highest BCUT2D eigenvalue weighted by Gasteiger charge is 2.06. The lowest BCUT2D eigenvalue weighted by molar-refractivity contribution is 1.35. The smallest absolute Gasteiger partial charge is 0.146 e. The van der Waals surface area contributed by atoms with E-state index in [4.69, 9.17) is 12.2 Å². The van der Waals surface area contributed by atoms with E-state index in [-0.39, 0.29) is 0 Å². The number of aryl methyl sites for hydroxylation is 2. The second kappa shape index (κ2) is 5.11. The molecule has 0 unspecified atom stereocenters. The third kappa shape index (κ3) is 2.71. The molecule has 0 aromatic heterocycles. The van der Waals surface area contributed by atoms with E-state index in [9.17, 15) is 0 Å². The largest absolute Gasteiger partial charge is 0.299 e. The summed E-state index contributed by atoms with van der Waals surface area (Å²) in [5.74, 6) is 0. The zero-order valence-corrected chi connectivity index (χ0v) is 10.8. The molecule has 1 radical (unpaired) electrons. The number of rotatable bonds is 3. The van der Waals surface area contributed by atoms with Crippen molar-refractivity contribution >= 4 is 29.1 Å². The second-order valence-corrected chi connectivity index (χ2v) is 4.28. The minimum atomic E-state index is 1.04. The van der Waals surface area contributed by atoms with Crippen LogP contribution in [0.5, 0.6) is 0 Å². The fraction of sp³-hybridized carbons (Fsp3) is 0.133. The Morgan fingerprint density at radius 2 is 1.12 bits per heavy atom. The minimum Gasteiger partial charge on any atom is -0.299 e. The molecule has 17 heavy (non-hydrogen) atoms. The third-order valence-corrected chi connectivity index (χ3v) is 2.86. The molecule has 0 atom stereocenters. The quantitative estimate of drug-likeness (QED) is 0.582. The van der Waals surface area contributed by atoms with Gasteiger partial charge in [0.2, 0.25) is 0 Å². The Bertz CT molecular complexity index is 454. The Morgan fingerprint density at radius 3 is 1.41 bits per heavy atom. The van der Waals surface area contributed by atoms with Crippen LogP contribution < -0.4 is 4.90 Å².